The quantitative estimate of drug-likeness (QED) is 0.765. The maximum absolute atomic E-state index is 4.27. The van der Waals surface area contributed by atoms with Crippen LogP contribution in [-0.2, 0) is 6.54 Å². The van der Waals surface area contributed by atoms with E-state index in [1.807, 2.05) is 42.5 Å². The standard InChI is InChI=1S/C13H12N6/c1-2-7-14-12(4-1)9-15-11-5-3-6-13(8-11)19-10-16-17-18-19/h1-8,10,15H,9H2. The molecule has 94 valence electrons. The molecule has 0 aliphatic carbocycles. The van der Waals surface area contributed by atoms with E-state index in [-0.39, 0.29) is 0 Å². The highest BCUT2D eigenvalue weighted by molar-refractivity contribution is 5.50. The molecule has 6 heteroatoms. The maximum Gasteiger partial charge on any atom is 0.143 e. The van der Waals surface area contributed by atoms with E-state index < -0.39 is 0 Å². The molecule has 0 amide bonds. The van der Waals surface area contributed by atoms with Gasteiger partial charge in [-0.05, 0) is 40.8 Å². The third kappa shape index (κ3) is 2.74. The first-order valence-electron chi connectivity index (χ1n) is 5.89. The molecule has 0 atom stereocenters. The minimum Gasteiger partial charge on any atom is -0.379 e. The van der Waals surface area contributed by atoms with Crippen LogP contribution >= 0.6 is 0 Å². The average molecular weight is 252 g/mol. The molecule has 19 heavy (non-hydrogen) atoms. The van der Waals surface area contributed by atoms with E-state index in [1.165, 1.54) is 0 Å². The largest absolute Gasteiger partial charge is 0.379 e. The molecule has 1 N–H and O–H groups in total. The van der Waals surface area contributed by atoms with E-state index in [9.17, 15) is 0 Å². The second-order valence-corrected chi connectivity index (χ2v) is 3.98. The summed E-state index contributed by atoms with van der Waals surface area (Å²) in [5.41, 5.74) is 2.91. The predicted molar refractivity (Wildman–Crippen MR) is 70.7 cm³/mol. The van der Waals surface area contributed by atoms with E-state index in [1.54, 1.807) is 17.2 Å². The van der Waals surface area contributed by atoms with Gasteiger partial charge in [0.25, 0.3) is 0 Å². The van der Waals surface area contributed by atoms with E-state index in [4.69, 9.17) is 0 Å². The zero-order valence-electron chi connectivity index (χ0n) is 10.1. The molecule has 0 unspecified atom stereocenters. The van der Waals surface area contributed by atoms with Crippen LogP contribution in [0.25, 0.3) is 5.69 Å². The lowest BCUT2D eigenvalue weighted by Crippen LogP contribution is -2.02. The van der Waals surface area contributed by atoms with Crippen LogP contribution in [0.5, 0.6) is 0 Å². The van der Waals surface area contributed by atoms with Gasteiger partial charge in [-0.15, -0.1) is 5.10 Å². The number of tetrazole rings is 1. The zero-order valence-corrected chi connectivity index (χ0v) is 10.1. The number of hydrogen-bond donors (Lipinski definition) is 1. The highest BCUT2D eigenvalue weighted by atomic mass is 15.5. The van der Waals surface area contributed by atoms with Crippen LogP contribution in [0.2, 0.25) is 0 Å². The number of nitrogens with zero attached hydrogens (tertiary/aromatic N) is 5. The number of pyridine rings is 1. The molecule has 0 saturated heterocycles. The van der Waals surface area contributed by atoms with Gasteiger partial charge in [0, 0.05) is 11.9 Å². The van der Waals surface area contributed by atoms with E-state index >= 15 is 0 Å². The summed E-state index contributed by atoms with van der Waals surface area (Å²) in [5.74, 6) is 0. The first kappa shape index (κ1) is 11.3. The second kappa shape index (κ2) is 5.26. The molecule has 0 bridgehead atoms. The molecule has 3 aromatic rings. The molecule has 6 nitrogen and oxygen atoms in total. The molecular formula is C13H12N6. The van der Waals surface area contributed by atoms with Crippen LogP contribution in [0.4, 0.5) is 5.69 Å². The van der Waals surface area contributed by atoms with Crippen molar-refractivity contribution in [3.8, 4) is 5.69 Å². The monoisotopic (exact) mass is 252 g/mol. The van der Waals surface area contributed by atoms with Crippen molar-refractivity contribution in [3.63, 3.8) is 0 Å². The molecule has 2 heterocycles. The summed E-state index contributed by atoms with van der Waals surface area (Å²) in [7, 11) is 0. The van der Waals surface area contributed by atoms with E-state index in [0.29, 0.717) is 6.54 Å². The van der Waals surface area contributed by atoms with Gasteiger partial charge in [-0.1, -0.05) is 12.1 Å². The Kier molecular flexibility index (Phi) is 3.14. The molecule has 0 spiro atoms. The minimum atomic E-state index is 0.680. The molecule has 2 aromatic heterocycles. The van der Waals surface area contributed by atoms with Gasteiger partial charge in [0.1, 0.15) is 6.33 Å². The van der Waals surface area contributed by atoms with Crippen molar-refractivity contribution >= 4 is 5.69 Å². The van der Waals surface area contributed by atoms with Crippen molar-refractivity contribution in [1.29, 1.82) is 0 Å². The summed E-state index contributed by atoms with van der Waals surface area (Å²) in [6, 6.07) is 13.7. The summed E-state index contributed by atoms with van der Waals surface area (Å²) < 4.78 is 1.62. The molecule has 0 radical (unpaired) electrons. The third-order valence-electron chi connectivity index (χ3n) is 2.66. The summed E-state index contributed by atoms with van der Waals surface area (Å²) >= 11 is 0. The Bertz CT molecular complexity index is 635. The first-order chi connectivity index (χ1) is 9.42. The third-order valence-corrected chi connectivity index (χ3v) is 2.66. The predicted octanol–water partition coefficient (Wildman–Crippen LogP) is 1.67. The first-order valence-corrected chi connectivity index (χ1v) is 5.89. The summed E-state index contributed by atoms with van der Waals surface area (Å²) in [5, 5.41) is 14.4. The Balaban J connectivity index is 1.74. The van der Waals surface area contributed by atoms with Gasteiger partial charge in [-0.2, -0.15) is 0 Å². The summed E-state index contributed by atoms with van der Waals surface area (Å²) in [6.45, 7) is 0.680. The van der Waals surface area contributed by atoms with Gasteiger partial charge in [0.2, 0.25) is 0 Å². The van der Waals surface area contributed by atoms with Crippen molar-refractivity contribution in [1.82, 2.24) is 25.2 Å². The average Bonchev–Trinajstić information content (AvgIpc) is 3.01. The fraction of sp³-hybridized carbons (Fsp3) is 0.0769. The number of benzene rings is 1. The Labute approximate surface area is 110 Å². The Morgan fingerprint density at radius 2 is 2.11 bits per heavy atom. The van der Waals surface area contributed by atoms with Gasteiger partial charge in [0.05, 0.1) is 17.9 Å². The fourth-order valence-electron chi connectivity index (χ4n) is 1.73. The summed E-state index contributed by atoms with van der Waals surface area (Å²) in [6.07, 6.45) is 3.35. The van der Waals surface area contributed by atoms with Crippen molar-refractivity contribution < 1.29 is 0 Å². The van der Waals surface area contributed by atoms with E-state index in [2.05, 4.69) is 25.8 Å². The SMILES string of the molecule is c1ccc(CNc2cccc(-n3cnnn3)c2)nc1. The maximum atomic E-state index is 4.27. The van der Waals surface area contributed by atoms with Crippen LogP contribution in [0.3, 0.4) is 0 Å². The van der Waals surface area contributed by atoms with Crippen molar-refractivity contribution in [2.24, 2.45) is 0 Å². The normalized spacial score (nSPS) is 10.3. The lowest BCUT2D eigenvalue weighted by atomic mass is 10.2. The van der Waals surface area contributed by atoms with Gasteiger partial charge in [-0.25, -0.2) is 4.68 Å². The zero-order chi connectivity index (χ0) is 12.9. The molecule has 0 fully saturated rings. The van der Waals surface area contributed by atoms with Crippen molar-refractivity contribution in [3.05, 3.63) is 60.7 Å². The van der Waals surface area contributed by atoms with Crippen molar-refractivity contribution in [2.45, 2.75) is 6.54 Å². The van der Waals surface area contributed by atoms with Crippen LogP contribution in [-0.4, -0.2) is 25.2 Å². The Hall–Kier alpha value is -2.76. The van der Waals surface area contributed by atoms with Crippen LogP contribution < -0.4 is 5.32 Å². The van der Waals surface area contributed by atoms with Crippen LogP contribution in [0.15, 0.2) is 55.0 Å². The lowest BCUT2D eigenvalue weighted by Gasteiger charge is -2.07. The molecule has 0 aliphatic heterocycles. The second-order valence-electron chi connectivity index (χ2n) is 3.98. The van der Waals surface area contributed by atoms with Gasteiger partial charge < -0.3 is 5.32 Å². The molecule has 3 rings (SSSR count). The Morgan fingerprint density at radius 1 is 1.11 bits per heavy atom. The number of hydrogen-bond acceptors (Lipinski definition) is 5. The topological polar surface area (TPSA) is 68.5 Å². The smallest absolute Gasteiger partial charge is 0.143 e. The van der Waals surface area contributed by atoms with Crippen LogP contribution in [0.1, 0.15) is 5.69 Å². The molecule has 0 saturated carbocycles. The van der Waals surface area contributed by atoms with E-state index in [0.717, 1.165) is 17.1 Å². The molecule has 1 aromatic carbocycles. The van der Waals surface area contributed by atoms with Gasteiger partial charge in [-0.3, -0.25) is 4.98 Å². The molecule has 0 aliphatic rings. The highest BCUT2D eigenvalue weighted by Gasteiger charge is 2.00. The van der Waals surface area contributed by atoms with Gasteiger partial charge >= 0.3 is 0 Å². The minimum absolute atomic E-state index is 0.680. The van der Waals surface area contributed by atoms with Crippen molar-refractivity contribution in [2.75, 3.05) is 5.32 Å². The number of aromatic nitrogens is 5. The van der Waals surface area contributed by atoms with Gasteiger partial charge in [0.15, 0.2) is 0 Å². The fourth-order valence-corrected chi connectivity index (χ4v) is 1.73. The highest BCUT2D eigenvalue weighted by Crippen LogP contribution is 2.13. The van der Waals surface area contributed by atoms with Crippen LogP contribution in [0, 0.1) is 0 Å². The molecular weight excluding hydrogens is 240 g/mol. The number of nitrogens with one attached hydrogen (secondary N) is 1. The Morgan fingerprint density at radius 3 is 2.89 bits per heavy atom. The number of anilines is 1. The summed E-state index contributed by atoms with van der Waals surface area (Å²) in [4.78, 5) is 4.27. The lowest BCUT2D eigenvalue weighted by molar-refractivity contribution is 0.789. The number of rotatable bonds is 4.